The first-order chi connectivity index (χ1) is 21.1. The van der Waals surface area contributed by atoms with Crippen molar-refractivity contribution >= 4 is 40.2 Å². The molecule has 19 heteroatoms. The number of rotatable bonds is 6. The van der Waals surface area contributed by atoms with Gasteiger partial charge in [0.25, 0.3) is 0 Å². The summed E-state index contributed by atoms with van der Waals surface area (Å²) in [7, 11) is 0. The van der Waals surface area contributed by atoms with Crippen LogP contribution >= 0.6 is 0 Å². The first kappa shape index (κ1) is 35.4. The van der Waals surface area contributed by atoms with Gasteiger partial charge in [-0.25, -0.2) is 19.6 Å². The number of aliphatic carboxylic acids is 1. The van der Waals surface area contributed by atoms with E-state index in [1.807, 2.05) is 24.6 Å². The van der Waals surface area contributed by atoms with E-state index in [2.05, 4.69) is 20.6 Å². The highest BCUT2D eigenvalue weighted by atomic mass is 19.4. The van der Waals surface area contributed by atoms with Crippen LogP contribution in [0.25, 0.3) is 22.2 Å². The number of nitrogen functional groups attached to an aromatic ring is 1. The summed E-state index contributed by atoms with van der Waals surface area (Å²) in [4.78, 5) is 29.6. The summed E-state index contributed by atoms with van der Waals surface area (Å²) in [5.41, 5.74) is 6.45. The number of fused-ring (bicyclic) bond motifs is 1. The number of halogens is 10. The average Bonchev–Trinajstić information content (AvgIpc) is 3.34. The van der Waals surface area contributed by atoms with Crippen LogP contribution in [0.15, 0.2) is 61.1 Å². The second kappa shape index (κ2) is 12.7. The SMILES string of the molecule is CC(C)n1cc(-c2ccc(NC(=O)Nc3cccc(C(F)(F)C(F)(F)C(F)(F)F)c3)cc2)c2c(N)ncnc21.O=C(O)C(F)(F)F. The maximum absolute atomic E-state index is 14.0. The van der Waals surface area contributed by atoms with Gasteiger partial charge in [-0.1, -0.05) is 24.3 Å². The summed E-state index contributed by atoms with van der Waals surface area (Å²) in [5.74, 6) is -14.4. The number of amides is 2. The number of hydrogen-bond acceptors (Lipinski definition) is 5. The molecule has 5 N–H and O–H groups in total. The van der Waals surface area contributed by atoms with Gasteiger partial charge in [0, 0.05) is 34.7 Å². The minimum atomic E-state index is -6.48. The molecule has 0 saturated heterocycles. The summed E-state index contributed by atoms with van der Waals surface area (Å²) < 4.78 is 126. The molecule has 2 amide bonds. The Bertz CT molecular complexity index is 1720. The van der Waals surface area contributed by atoms with Crippen LogP contribution in [0.5, 0.6) is 0 Å². The molecule has 2 heterocycles. The van der Waals surface area contributed by atoms with Crippen molar-refractivity contribution in [3.05, 3.63) is 66.6 Å². The number of nitrogens with zero attached hydrogens (tertiary/aromatic N) is 3. The van der Waals surface area contributed by atoms with E-state index < -0.39 is 47.4 Å². The van der Waals surface area contributed by atoms with Crippen LogP contribution in [-0.2, 0) is 10.7 Å². The Hall–Kier alpha value is -5.10. The summed E-state index contributed by atoms with van der Waals surface area (Å²) in [6.45, 7) is 3.96. The second-order valence-corrected chi connectivity index (χ2v) is 9.69. The smallest absolute Gasteiger partial charge is 0.475 e. The molecular formula is C27H22F10N6O3. The second-order valence-electron chi connectivity index (χ2n) is 9.69. The predicted molar refractivity (Wildman–Crippen MR) is 145 cm³/mol. The lowest BCUT2D eigenvalue weighted by Gasteiger charge is -2.28. The van der Waals surface area contributed by atoms with Gasteiger partial charge in [-0.05, 0) is 43.7 Å². The van der Waals surface area contributed by atoms with E-state index >= 15 is 0 Å². The van der Waals surface area contributed by atoms with E-state index in [9.17, 15) is 48.7 Å². The number of hydrogen-bond donors (Lipinski definition) is 4. The van der Waals surface area contributed by atoms with Crippen LogP contribution in [0.1, 0.15) is 25.5 Å². The zero-order valence-electron chi connectivity index (χ0n) is 23.3. The van der Waals surface area contributed by atoms with Crippen molar-refractivity contribution in [3.63, 3.8) is 0 Å². The van der Waals surface area contributed by atoms with Gasteiger partial charge in [0.2, 0.25) is 0 Å². The van der Waals surface area contributed by atoms with Crippen molar-refractivity contribution < 1.29 is 58.6 Å². The zero-order valence-corrected chi connectivity index (χ0v) is 23.3. The molecule has 248 valence electrons. The summed E-state index contributed by atoms with van der Waals surface area (Å²) in [6.07, 6.45) is -8.32. The fourth-order valence-corrected chi connectivity index (χ4v) is 3.90. The van der Waals surface area contributed by atoms with Crippen LogP contribution in [0.2, 0.25) is 0 Å². The van der Waals surface area contributed by atoms with Crippen LogP contribution in [-0.4, -0.2) is 49.9 Å². The largest absolute Gasteiger partial charge is 0.490 e. The average molecular weight is 668 g/mol. The minimum absolute atomic E-state index is 0.0818. The van der Waals surface area contributed by atoms with Crippen molar-refractivity contribution in [3.8, 4) is 11.1 Å². The van der Waals surface area contributed by atoms with E-state index in [0.717, 1.165) is 23.3 Å². The molecule has 2 aromatic carbocycles. The standard InChI is InChI=1S/C25H21F7N6O.C2HF3O2/c1-13(2)38-11-18(19-20(33)34-12-35-21(19)38)14-6-8-16(9-7-14)36-22(39)37-17-5-3-4-15(10-17)23(26,27)24(28,29)25(30,31)32;3-2(4,5)1(6)7/h3-13H,1-2H3,(H2,33,34,35)(H2,36,37,39);(H,6,7). The number of benzene rings is 2. The van der Waals surface area contributed by atoms with Crippen LogP contribution in [0.4, 0.5) is 65.9 Å². The molecule has 0 fully saturated rings. The predicted octanol–water partition coefficient (Wildman–Crippen LogP) is 7.83. The number of nitrogens with two attached hydrogens (primary N) is 1. The molecule has 2 aromatic heterocycles. The molecule has 0 radical (unpaired) electrons. The van der Waals surface area contributed by atoms with Gasteiger partial charge in [-0.3, -0.25) is 0 Å². The topological polar surface area (TPSA) is 135 Å². The van der Waals surface area contributed by atoms with Crippen molar-refractivity contribution in [2.75, 3.05) is 16.4 Å². The third-order valence-corrected chi connectivity index (χ3v) is 6.12. The third-order valence-electron chi connectivity index (χ3n) is 6.12. The Morgan fingerprint density at radius 2 is 1.43 bits per heavy atom. The van der Waals surface area contributed by atoms with Gasteiger partial charge < -0.3 is 26.0 Å². The Morgan fingerprint density at radius 1 is 0.870 bits per heavy atom. The van der Waals surface area contributed by atoms with Gasteiger partial charge in [0.05, 0.1) is 5.39 Å². The van der Waals surface area contributed by atoms with E-state index in [-0.39, 0.29) is 17.5 Å². The highest BCUT2D eigenvalue weighted by molar-refractivity contribution is 6.02. The number of anilines is 3. The van der Waals surface area contributed by atoms with Crippen LogP contribution in [0, 0.1) is 0 Å². The normalized spacial score (nSPS) is 12.5. The fraction of sp³-hybridized carbons (Fsp3) is 0.259. The van der Waals surface area contributed by atoms with Crippen molar-refractivity contribution in [1.29, 1.82) is 0 Å². The highest BCUT2D eigenvalue weighted by Gasteiger charge is 2.73. The Morgan fingerprint density at radius 3 is 1.96 bits per heavy atom. The first-order valence-corrected chi connectivity index (χ1v) is 12.6. The lowest BCUT2D eigenvalue weighted by atomic mass is 10.0. The molecule has 4 aromatic rings. The molecule has 0 saturated carbocycles. The summed E-state index contributed by atoms with van der Waals surface area (Å²) in [5, 5.41) is 12.3. The quantitative estimate of drug-likeness (QED) is 0.155. The molecule has 0 aliphatic rings. The fourth-order valence-electron chi connectivity index (χ4n) is 3.90. The van der Waals surface area contributed by atoms with E-state index in [1.165, 1.54) is 6.33 Å². The molecule has 0 aliphatic heterocycles. The number of alkyl halides is 10. The lowest BCUT2D eigenvalue weighted by Crippen LogP contribution is -2.50. The van der Waals surface area contributed by atoms with Crippen molar-refractivity contribution in [1.82, 2.24) is 14.5 Å². The number of aromatic nitrogens is 3. The monoisotopic (exact) mass is 668 g/mol. The number of nitrogens with one attached hydrogen (secondary N) is 2. The molecule has 46 heavy (non-hydrogen) atoms. The Kier molecular flexibility index (Phi) is 9.78. The molecule has 9 nitrogen and oxygen atoms in total. The van der Waals surface area contributed by atoms with E-state index in [0.29, 0.717) is 23.2 Å². The van der Waals surface area contributed by atoms with Gasteiger partial charge >= 0.3 is 36.2 Å². The number of carbonyl (C=O) groups excluding carboxylic acids is 1. The summed E-state index contributed by atoms with van der Waals surface area (Å²) >= 11 is 0. The minimum Gasteiger partial charge on any atom is -0.475 e. The van der Waals surface area contributed by atoms with Crippen LogP contribution in [0.3, 0.4) is 0 Å². The first-order valence-electron chi connectivity index (χ1n) is 12.6. The zero-order chi connectivity index (χ0) is 34.8. The van der Waals surface area contributed by atoms with Crippen molar-refractivity contribution in [2.24, 2.45) is 0 Å². The highest BCUT2D eigenvalue weighted by Crippen LogP contribution is 2.52. The van der Waals surface area contributed by atoms with Crippen LogP contribution < -0.4 is 16.4 Å². The lowest BCUT2D eigenvalue weighted by molar-refractivity contribution is -0.359. The molecular weight excluding hydrogens is 646 g/mol. The number of urea groups is 1. The molecule has 0 aliphatic carbocycles. The molecule has 4 rings (SSSR count). The third kappa shape index (κ3) is 7.40. The number of carbonyl (C=O) groups is 2. The van der Waals surface area contributed by atoms with E-state index in [1.54, 1.807) is 24.3 Å². The van der Waals surface area contributed by atoms with Gasteiger partial charge in [-0.2, -0.15) is 43.9 Å². The molecule has 0 bridgehead atoms. The number of carboxylic acids is 1. The number of carboxylic acid groups (broad SMARTS) is 1. The maximum Gasteiger partial charge on any atom is 0.490 e. The molecule has 0 atom stereocenters. The summed E-state index contributed by atoms with van der Waals surface area (Å²) in [6, 6.07) is 8.23. The van der Waals surface area contributed by atoms with Gasteiger partial charge in [-0.15, -0.1) is 0 Å². The molecule has 0 spiro atoms. The van der Waals surface area contributed by atoms with Crippen molar-refractivity contribution in [2.45, 2.75) is 44.1 Å². The van der Waals surface area contributed by atoms with Gasteiger partial charge in [0.1, 0.15) is 17.8 Å². The maximum atomic E-state index is 14.0. The Labute approximate surface area is 252 Å². The molecule has 0 unspecified atom stereocenters. The van der Waals surface area contributed by atoms with E-state index in [4.69, 9.17) is 15.6 Å². The Balaban J connectivity index is 0.000000738. The van der Waals surface area contributed by atoms with Gasteiger partial charge in [0.15, 0.2) is 0 Å².